The molecule has 0 fully saturated rings. The molecular formula is C24H28ClNO5. The zero-order valence-corrected chi connectivity index (χ0v) is 18.9. The highest BCUT2D eigenvalue weighted by atomic mass is 35.5. The van der Waals surface area contributed by atoms with Crippen molar-refractivity contribution < 1.29 is 24.2 Å². The van der Waals surface area contributed by atoms with Gasteiger partial charge < -0.3 is 19.5 Å². The van der Waals surface area contributed by atoms with Crippen LogP contribution in [0.25, 0.3) is 0 Å². The lowest BCUT2D eigenvalue weighted by molar-refractivity contribution is -0.141. The van der Waals surface area contributed by atoms with Crippen molar-refractivity contribution in [3.8, 4) is 11.5 Å². The number of halogens is 1. The molecule has 3 rings (SSSR count). The van der Waals surface area contributed by atoms with Crippen LogP contribution >= 0.6 is 11.6 Å². The van der Waals surface area contributed by atoms with E-state index in [1.165, 1.54) is 11.8 Å². The van der Waals surface area contributed by atoms with Gasteiger partial charge >= 0.3 is 0 Å². The van der Waals surface area contributed by atoms with E-state index in [0.717, 1.165) is 24.8 Å². The van der Waals surface area contributed by atoms with Crippen molar-refractivity contribution in [2.24, 2.45) is 0 Å². The van der Waals surface area contributed by atoms with E-state index in [-0.39, 0.29) is 18.7 Å². The van der Waals surface area contributed by atoms with Crippen LogP contribution in [0.1, 0.15) is 50.7 Å². The van der Waals surface area contributed by atoms with Crippen LogP contribution in [0.3, 0.4) is 0 Å². The molecule has 0 saturated carbocycles. The summed E-state index contributed by atoms with van der Waals surface area (Å²) in [6, 6.07) is 10.4. The number of ketones is 1. The summed E-state index contributed by atoms with van der Waals surface area (Å²) in [4.78, 5) is 26.4. The van der Waals surface area contributed by atoms with Crippen LogP contribution in [0.2, 0.25) is 5.02 Å². The van der Waals surface area contributed by atoms with Crippen molar-refractivity contribution in [1.82, 2.24) is 0 Å². The molecule has 0 bridgehead atoms. The summed E-state index contributed by atoms with van der Waals surface area (Å²) in [5.74, 6) is 0.361. The maximum absolute atomic E-state index is 13.2. The average molecular weight is 446 g/mol. The van der Waals surface area contributed by atoms with Gasteiger partial charge in [-0.15, -0.1) is 0 Å². The van der Waals surface area contributed by atoms with Crippen molar-refractivity contribution in [1.29, 1.82) is 0 Å². The highest BCUT2D eigenvalue weighted by Gasteiger charge is 2.51. The third-order valence-electron chi connectivity index (χ3n) is 5.38. The number of benzene rings is 2. The van der Waals surface area contributed by atoms with Gasteiger partial charge in [-0.2, -0.15) is 0 Å². The first-order chi connectivity index (χ1) is 14.8. The molecule has 0 radical (unpaired) electrons. The van der Waals surface area contributed by atoms with Gasteiger partial charge in [-0.3, -0.25) is 9.59 Å². The number of amides is 1. The van der Waals surface area contributed by atoms with Gasteiger partial charge in [-0.1, -0.05) is 49.6 Å². The topological polar surface area (TPSA) is 76.1 Å². The Morgan fingerprint density at radius 3 is 2.65 bits per heavy atom. The highest BCUT2D eigenvalue weighted by Crippen LogP contribution is 2.47. The zero-order valence-electron chi connectivity index (χ0n) is 18.1. The van der Waals surface area contributed by atoms with E-state index in [2.05, 4.69) is 6.92 Å². The van der Waals surface area contributed by atoms with Gasteiger partial charge in [0, 0.05) is 12.0 Å². The number of rotatable bonds is 10. The summed E-state index contributed by atoms with van der Waals surface area (Å²) >= 11 is 6.39. The maximum atomic E-state index is 13.2. The number of fused-ring (bicyclic) bond motifs is 1. The first-order valence-electron chi connectivity index (χ1n) is 10.4. The predicted molar refractivity (Wildman–Crippen MR) is 120 cm³/mol. The van der Waals surface area contributed by atoms with Crippen molar-refractivity contribution >= 4 is 29.0 Å². The standard InChI is InChI=1S/C24H28ClNO5/c1-4-5-6-12-31-20-11-10-17(13-21(20)30-3)15-26-22-18(8-7-9-19(22)25)24(29,23(26)28)14-16(2)27/h7-11,13,29H,4-6,12,14-15H2,1-3H3. The molecule has 1 amide bonds. The third kappa shape index (κ3) is 4.70. The molecule has 2 aromatic rings. The number of aliphatic hydroxyl groups is 1. The van der Waals surface area contributed by atoms with Gasteiger partial charge in [0.2, 0.25) is 0 Å². The van der Waals surface area contributed by atoms with Gasteiger partial charge in [0.15, 0.2) is 17.1 Å². The number of ether oxygens (including phenoxy) is 2. The van der Waals surface area contributed by atoms with Crippen molar-refractivity contribution in [2.75, 3.05) is 18.6 Å². The minimum Gasteiger partial charge on any atom is -0.493 e. The maximum Gasteiger partial charge on any atom is 0.264 e. The van der Waals surface area contributed by atoms with Crippen LogP contribution in [-0.2, 0) is 21.7 Å². The summed E-state index contributed by atoms with van der Waals surface area (Å²) in [5, 5.41) is 11.5. The van der Waals surface area contributed by atoms with Crippen LogP contribution in [0, 0.1) is 0 Å². The van der Waals surface area contributed by atoms with E-state index >= 15 is 0 Å². The molecule has 1 aliphatic rings. The molecule has 2 aromatic carbocycles. The van der Waals surface area contributed by atoms with Gasteiger partial charge in [0.05, 0.1) is 31.0 Å². The van der Waals surface area contributed by atoms with Crippen LogP contribution in [-0.4, -0.2) is 30.5 Å². The fraction of sp³-hybridized carbons (Fsp3) is 0.417. The van der Waals surface area contributed by atoms with Crippen molar-refractivity contribution in [2.45, 2.75) is 51.7 Å². The number of carbonyl (C=O) groups excluding carboxylic acids is 2. The highest BCUT2D eigenvalue weighted by molar-refractivity contribution is 6.35. The normalized spacial score (nSPS) is 17.6. The molecule has 1 N–H and O–H groups in total. The predicted octanol–water partition coefficient (Wildman–Crippen LogP) is 4.63. The molecule has 7 heteroatoms. The lowest BCUT2D eigenvalue weighted by Crippen LogP contribution is -2.41. The number of hydrogen-bond acceptors (Lipinski definition) is 5. The van der Waals surface area contributed by atoms with Crippen LogP contribution in [0.4, 0.5) is 5.69 Å². The Balaban J connectivity index is 1.89. The third-order valence-corrected chi connectivity index (χ3v) is 5.69. The molecule has 6 nitrogen and oxygen atoms in total. The zero-order chi connectivity index (χ0) is 22.6. The first kappa shape index (κ1) is 23.1. The number of nitrogens with zero attached hydrogens (tertiary/aromatic N) is 1. The summed E-state index contributed by atoms with van der Waals surface area (Å²) in [6.45, 7) is 4.26. The molecule has 31 heavy (non-hydrogen) atoms. The number of para-hydroxylation sites is 1. The Morgan fingerprint density at radius 2 is 1.97 bits per heavy atom. The Hall–Kier alpha value is -2.57. The SMILES string of the molecule is CCCCCOc1ccc(CN2C(=O)C(O)(CC(C)=O)c3cccc(Cl)c32)cc1OC. The number of unbranched alkanes of at least 4 members (excludes halogenated alkanes) is 2. The second kappa shape index (κ2) is 9.71. The molecular weight excluding hydrogens is 418 g/mol. The second-order valence-electron chi connectivity index (χ2n) is 7.81. The lowest BCUT2D eigenvalue weighted by atomic mass is 9.90. The molecule has 0 spiro atoms. The van der Waals surface area contributed by atoms with Crippen LogP contribution in [0.5, 0.6) is 11.5 Å². The van der Waals surface area contributed by atoms with Gasteiger partial charge in [0.25, 0.3) is 5.91 Å². The number of anilines is 1. The van der Waals surface area contributed by atoms with E-state index in [9.17, 15) is 14.7 Å². The Morgan fingerprint density at radius 1 is 1.19 bits per heavy atom. The summed E-state index contributed by atoms with van der Waals surface area (Å²) < 4.78 is 11.3. The number of hydrogen-bond donors (Lipinski definition) is 1. The Bertz CT molecular complexity index is 976. The molecule has 0 aliphatic carbocycles. The molecule has 1 atom stereocenters. The van der Waals surface area contributed by atoms with Crippen LogP contribution < -0.4 is 14.4 Å². The van der Waals surface area contributed by atoms with E-state index in [1.54, 1.807) is 31.4 Å². The number of methoxy groups -OCH3 is 1. The molecule has 1 unspecified atom stereocenters. The Labute approximate surface area is 187 Å². The molecule has 0 saturated heterocycles. The summed E-state index contributed by atoms with van der Waals surface area (Å²) in [7, 11) is 1.57. The molecule has 0 aromatic heterocycles. The minimum absolute atomic E-state index is 0.169. The first-order valence-corrected chi connectivity index (χ1v) is 10.8. The average Bonchev–Trinajstić information content (AvgIpc) is 2.94. The summed E-state index contributed by atoms with van der Waals surface area (Å²) in [6.07, 6.45) is 2.88. The lowest BCUT2D eigenvalue weighted by Gasteiger charge is -2.22. The molecule has 1 aliphatic heterocycles. The second-order valence-corrected chi connectivity index (χ2v) is 8.21. The molecule has 1 heterocycles. The molecule has 166 valence electrons. The van der Waals surface area contributed by atoms with E-state index < -0.39 is 11.5 Å². The number of Topliss-reactive ketones (excluding diaryl/α,β-unsaturated/α-hetero) is 1. The minimum atomic E-state index is -1.92. The number of carbonyl (C=O) groups is 2. The fourth-order valence-corrected chi connectivity index (χ4v) is 4.17. The van der Waals surface area contributed by atoms with Crippen molar-refractivity contribution in [3.05, 3.63) is 52.5 Å². The van der Waals surface area contributed by atoms with Gasteiger partial charge in [-0.25, -0.2) is 0 Å². The summed E-state index contributed by atoms with van der Waals surface area (Å²) in [5.41, 5.74) is -0.359. The smallest absolute Gasteiger partial charge is 0.264 e. The quantitative estimate of drug-likeness (QED) is 0.539. The monoisotopic (exact) mass is 445 g/mol. The largest absolute Gasteiger partial charge is 0.493 e. The van der Waals surface area contributed by atoms with E-state index in [4.69, 9.17) is 21.1 Å². The van der Waals surface area contributed by atoms with Crippen LogP contribution in [0.15, 0.2) is 36.4 Å². The van der Waals surface area contributed by atoms with Gasteiger partial charge in [0.1, 0.15) is 5.78 Å². The van der Waals surface area contributed by atoms with Crippen molar-refractivity contribution in [3.63, 3.8) is 0 Å². The van der Waals surface area contributed by atoms with E-state index in [1.807, 2.05) is 12.1 Å². The fourth-order valence-electron chi connectivity index (χ4n) is 3.89. The van der Waals surface area contributed by atoms with Gasteiger partial charge in [-0.05, 0) is 37.1 Å². The Kier molecular flexibility index (Phi) is 7.23. The van der Waals surface area contributed by atoms with E-state index in [0.29, 0.717) is 34.4 Å².